The molecule has 1 rings (SSSR count). The Labute approximate surface area is 306 Å². The summed E-state index contributed by atoms with van der Waals surface area (Å²) < 4.78 is 11.2. The quantitative estimate of drug-likeness (QED) is 0.0293. The summed E-state index contributed by atoms with van der Waals surface area (Å²) >= 11 is 0. The minimum absolute atomic E-state index is 0.177. The largest absolute Gasteiger partial charge is 0.394 e. The first kappa shape index (κ1) is 47.0. The van der Waals surface area contributed by atoms with Crippen molar-refractivity contribution in [1.82, 2.24) is 5.32 Å². The molecule has 9 heteroatoms. The van der Waals surface area contributed by atoms with Gasteiger partial charge in [-0.1, -0.05) is 174 Å². The predicted octanol–water partition coefficient (Wildman–Crippen LogP) is 7.78. The minimum atomic E-state index is -1.56. The number of aliphatic hydroxyl groups excluding tert-OH is 5. The number of ether oxygens (including phenoxy) is 2. The summed E-state index contributed by atoms with van der Waals surface area (Å²) in [5, 5.41) is 54.0. The molecule has 1 fully saturated rings. The summed E-state index contributed by atoms with van der Waals surface area (Å²) in [6.45, 7) is 3.76. The third kappa shape index (κ3) is 23.5. The molecule has 7 atom stereocenters. The molecule has 0 aliphatic carbocycles. The minimum Gasteiger partial charge on any atom is -0.394 e. The molecule has 1 heterocycles. The molecule has 296 valence electrons. The summed E-state index contributed by atoms with van der Waals surface area (Å²) in [5.74, 6) is -0.177. The van der Waals surface area contributed by atoms with E-state index in [4.69, 9.17) is 9.47 Å². The Morgan fingerprint density at radius 3 is 1.56 bits per heavy atom. The fourth-order valence-electron chi connectivity index (χ4n) is 6.68. The maximum Gasteiger partial charge on any atom is 0.220 e. The molecule has 6 N–H and O–H groups in total. The van der Waals surface area contributed by atoms with E-state index in [-0.39, 0.29) is 12.5 Å². The summed E-state index contributed by atoms with van der Waals surface area (Å²) in [6, 6.07) is -0.796. The lowest BCUT2D eigenvalue weighted by atomic mass is 9.99. The maximum atomic E-state index is 12.9. The molecule has 0 spiro atoms. The highest BCUT2D eigenvalue weighted by molar-refractivity contribution is 5.76. The summed E-state index contributed by atoms with van der Waals surface area (Å²) in [4.78, 5) is 12.9. The topological polar surface area (TPSA) is 149 Å². The molecule has 9 nitrogen and oxygen atoms in total. The van der Waals surface area contributed by atoms with E-state index in [9.17, 15) is 30.3 Å². The number of hydrogen-bond acceptors (Lipinski definition) is 8. The van der Waals surface area contributed by atoms with Crippen molar-refractivity contribution < 1.29 is 39.8 Å². The van der Waals surface area contributed by atoms with E-state index >= 15 is 0 Å². The monoisotopic (exact) mass is 714 g/mol. The second-order valence-corrected chi connectivity index (χ2v) is 14.8. The average molecular weight is 714 g/mol. The third-order valence-corrected chi connectivity index (χ3v) is 10.1. The van der Waals surface area contributed by atoms with E-state index in [0.29, 0.717) is 6.42 Å². The van der Waals surface area contributed by atoms with Gasteiger partial charge in [-0.25, -0.2) is 0 Å². The van der Waals surface area contributed by atoms with E-state index in [2.05, 4.69) is 19.2 Å². The van der Waals surface area contributed by atoms with Gasteiger partial charge < -0.3 is 40.3 Å². The zero-order chi connectivity index (χ0) is 36.7. The van der Waals surface area contributed by atoms with Crippen LogP contribution < -0.4 is 5.32 Å². The van der Waals surface area contributed by atoms with Gasteiger partial charge in [0, 0.05) is 6.42 Å². The second-order valence-electron chi connectivity index (χ2n) is 14.8. The van der Waals surface area contributed by atoms with Crippen LogP contribution in [0.25, 0.3) is 0 Å². The predicted molar refractivity (Wildman–Crippen MR) is 203 cm³/mol. The normalized spacial score (nSPS) is 22.3. The van der Waals surface area contributed by atoms with Crippen molar-refractivity contribution in [3.63, 3.8) is 0 Å². The fourth-order valence-corrected chi connectivity index (χ4v) is 6.68. The van der Waals surface area contributed by atoms with E-state index in [1.807, 2.05) is 6.08 Å². The molecular weight excluding hydrogens is 634 g/mol. The number of allylic oxidation sites excluding steroid dienone is 1. The van der Waals surface area contributed by atoms with Crippen LogP contribution in [0.1, 0.15) is 187 Å². The van der Waals surface area contributed by atoms with Gasteiger partial charge in [-0.2, -0.15) is 0 Å². The zero-order valence-electron chi connectivity index (χ0n) is 32.2. The molecule has 0 aromatic carbocycles. The second kappa shape index (κ2) is 32.6. The van der Waals surface area contributed by atoms with Gasteiger partial charge in [0.25, 0.3) is 0 Å². The van der Waals surface area contributed by atoms with Crippen LogP contribution >= 0.6 is 0 Å². The maximum absolute atomic E-state index is 12.9. The van der Waals surface area contributed by atoms with Crippen LogP contribution in [0.5, 0.6) is 0 Å². The lowest BCUT2D eigenvalue weighted by Gasteiger charge is -2.40. The number of unbranched alkanes of at least 4 members (excludes halogenated alkanes) is 24. The van der Waals surface area contributed by atoms with Gasteiger partial charge >= 0.3 is 0 Å². The Bertz CT molecular complexity index is 797. The molecule has 1 amide bonds. The van der Waals surface area contributed by atoms with Gasteiger partial charge in [0.05, 0.1) is 25.4 Å². The van der Waals surface area contributed by atoms with E-state index in [1.54, 1.807) is 6.08 Å². The molecule has 1 aliphatic rings. The van der Waals surface area contributed by atoms with Crippen LogP contribution in [-0.4, -0.2) is 87.5 Å². The molecule has 0 saturated carbocycles. The molecule has 50 heavy (non-hydrogen) atoms. The Morgan fingerprint density at radius 2 is 1.10 bits per heavy atom. The van der Waals surface area contributed by atoms with Crippen molar-refractivity contribution in [3.05, 3.63) is 12.2 Å². The number of nitrogens with one attached hydrogen (secondary N) is 1. The molecular formula is C41H79NO8. The standard InChI is InChI=1S/C41H79NO8/c1-3-5-7-9-11-13-15-17-18-19-21-23-25-27-29-31-37(45)42-34(33-49-41-40(48)39(47)38(46)36(32-43)50-41)35(44)30-28-26-24-22-20-16-14-12-10-8-6-4-2/h28,30,34-36,38-41,43-44,46-48H,3-27,29,31-33H2,1-2H3,(H,42,45)/b30-28+/t34?,35?,36-,38+,39+,40-,41?/m1/s1. The van der Waals surface area contributed by atoms with E-state index in [1.165, 1.54) is 128 Å². The number of rotatable bonds is 34. The van der Waals surface area contributed by atoms with Gasteiger partial charge in [0.2, 0.25) is 5.91 Å². The van der Waals surface area contributed by atoms with Gasteiger partial charge in [0.15, 0.2) is 6.29 Å². The third-order valence-electron chi connectivity index (χ3n) is 10.1. The van der Waals surface area contributed by atoms with Crippen LogP contribution in [-0.2, 0) is 14.3 Å². The average Bonchev–Trinajstić information content (AvgIpc) is 3.11. The van der Waals surface area contributed by atoms with Crippen LogP contribution in [0.4, 0.5) is 0 Å². The fraction of sp³-hybridized carbons (Fsp3) is 0.927. The van der Waals surface area contributed by atoms with Crippen molar-refractivity contribution in [2.24, 2.45) is 0 Å². The number of carbonyl (C=O) groups is 1. The Morgan fingerprint density at radius 1 is 0.660 bits per heavy atom. The Balaban J connectivity index is 2.40. The van der Waals surface area contributed by atoms with E-state index in [0.717, 1.165) is 38.5 Å². The number of aliphatic hydroxyl groups is 5. The summed E-state index contributed by atoms with van der Waals surface area (Å²) in [7, 11) is 0. The first-order valence-corrected chi connectivity index (χ1v) is 20.9. The summed E-state index contributed by atoms with van der Waals surface area (Å²) in [5.41, 5.74) is 0. The highest BCUT2D eigenvalue weighted by Gasteiger charge is 2.44. The molecule has 3 unspecified atom stereocenters. The molecule has 0 bridgehead atoms. The van der Waals surface area contributed by atoms with Gasteiger partial charge in [-0.15, -0.1) is 0 Å². The number of hydrogen-bond donors (Lipinski definition) is 6. The number of amides is 1. The van der Waals surface area contributed by atoms with Crippen molar-refractivity contribution >= 4 is 5.91 Å². The molecule has 0 aromatic heterocycles. The van der Waals surface area contributed by atoms with Gasteiger partial charge in [-0.05, 0) is 19.3 Å². The molecule has 1 saturated heterocycles. The van der Waals surface area contributed by atoms with Crippen LogP contribution in [0.3, 0.4) is 0 Å². The van der Waals surface area contributed by atoms with Crippen LogP contribution in [0.15, 0.2) is 12.2 Å². The Hall–Kier alpha value is -1.07. The van der Waals surface area contributed by atoms with Gasteiger partial charge in [0.1, 0.15) is 24.4 Å². The zero-order valence-corrected chi connectivity index (χ0v) is 32.2. The van der Waals surface area contributed by atoms with Crippen molar-refractivity contribution in [2.45, 2.75) is 230 Å². The van der Waals surface area contributed by atoms with Gasteiger partial charge in [-0.3, -0.25) is 4.79 Å². The van der Waals surface area contributed by atoms with E-state index < -0.39 is 49.5 Å². The first-order valence-electron chi connectivity index (χ1n) is 20.9. The van der Waals surface area contributed by atoms with Crippen molar-refractivity contribution in [2.75, 3.05) is 13.2 Å². The summed E-state index contributed by atoms with van der Waals surface area (Å²) in [6.07, 6.45) is 28.2. The number of carbonyl (C=O) groups excluding carboxylic acids is 1. The van der Waals surface area contributed by atoms with Crippen molar-refractivity contribution in [1.29, 1.82) is 0 Å². The Kier molecular flexibility index (Phi) is 30.6. The lowest BCUT2D eigenvalue weighted by molar-refractivity contribution is -0.302. The van der Waals surface area contributed by atoms with Crippen LogP contribution in [0, 0.1) is 0 Å². The SMILES string of the molecule is CCCCCCCCCCCC/C=C/C(O)C(COC1O[C@H](CO)[C@H](O)[C@H](O)[C@H]1O)NC(=O)CCCCCCCCCCCCCCCCC. The van der Waals surface area contributed by atoms with Crippen molar-refractivity contribution in [3.8, 4) is 0 Å². The lowest BCUT2D eigenvalue weighted by Crippen LogP contribution is -2.60. The molecule has 0 radical (unpaired) electrons. The van der Waals surface area contributed by atoms with Crippen LogP contribution in [0.2, 0.25) is 0 Å². The smallest absolute Gasteiger partial charge is 0.220 e. The highest BCUT2D eigenvalue weighted by Crippen LogP contribution is 2.22. The molecule has 1 aliphatic heterocycles. The first-order chi connectivity index (χ1) is 24.3. The highest BCUT2D eigenvalue weighted by atomic mass is 16.7. The molecule has 0 aromatic rings.